The molecule has 4 nitrogen and oxygen atoms in total. The topological polar surface area (TPSA) is 58.6 Å². The molecule has 1 aromatic rings. The Morgan fingerprint density at radius 1 is 1.32 bits per heavy atom. The quantitative estimate of drug-likeness (QED) is 0.770. The Labute approximate surface area is 113 Å². The first kappa shape index (κ1) is 14.0. The molecule has 0 saturated carbocycles. The van der Waals surface area contributed by atoms with Crippen LogP contribution in [0.25, 0.3) is 0 Å². The fourth-order valence-corrected chi connectivity index (χ4v) is 2.43. The van der Waals surface area contributed by atoms with Crippen LogP contribution in [-0.2, 0) is 11.2 Å². The smallest absolute Gasteiger partial charge is 0.335 e. The summed E-state index contributed by atoms with van der Waals surface area (Å²) in [5, 5.41) is 12.5. The van der Waals surface area contributed by atoms with Crippen molar-refractivity contribution >= 4 is 5.97 Å². The average molecular weight is 263 g/mol. The number of carboxylic acid groups (broad SMARTS) is 1. The monoisotopic (exact) mass is 263 g/mol. The summed E-state index contributed by atoms with van der Waals surface area (Å²) < 4.78 is 5.32. The fraction of sp³-hybridized carbons (Fsp3) is 0.533. The first-order valence-corrected chi connectivity index (χ1v) is 6.87. The molecule has 104 valence electrons. The van der Waals surface area contributed by atoms with Crippen molar-refractivity contribution in [1.82, 2.24) is 5.32 Å². The summed E-state index contributed by atoms with van der Waals surface area (Å²) in [6, 6.07) is 7.21. The molecule has 2 rings (SSSR count). The van der Waals surface area contributed by atoms with E-state index in [0.717, 1.165) is 51.1 Å². The van der Waals surface area contributed by atoms with E-state index < -0.39 is 5.97 Å². The largest absolute Gasteiger partial charge is 0.478 e. The second kappa shape index (κ2) is 7.26. The van der Waals surface area contributed by atoms with Crippen molar-refractivity contribution in [3.8, 4) is 0 Å². The molecular weight excluding hydrogens is 242 g/mol. The minimum atomic E-state index is -0.847. The van der Waals surface area contributed by atoms with Crippen LogP contribution < -0.4 is 5.32 Å². The second-order valence-electron chi connectivity index (χ2n) is 4.97. The van der Waals surface area contributed by atoms with E-state index in [4.69, 9.17) is 9.84 Å². The van der Waals surface area contributed by atoms with Crippen molar-refractivity contribution in [2.24, 2.45) is 5.92 Å². The van der Waals surface area contributed by atoms with E-state index in [2.05, 4.69) is 5.32 Å². The lowest BCUT2D eigenvalue weighted by Crippen LogP contribution is -2.29. The Balaban J connectivity index is 1.74. The zero-order valence-electron chi connectivity index (χ0n) is 11.1. The molecule has 1 aliphatic heterocycles. The Morgan fingerprint density at radius 2 is 2.05 bits per heavy atom. The van der Waals surface area contributed by atoms with Crippen molar-refractivity contribution < 1.29 is 14.6 Å². The van der Waals surface area contributed by atoms with Crippen LogP contribution in [0.3, 0.4) is 0 Å². The molecule has 0 unspecified atom stereocenters. The molecular formula is C15H21NO3. The molecule has 0 atom stereocenters. The van der Waals surface area contributed by atoms with Gasteiger partial charge in [-0.15, -0.1) is 0 Å². The highest BCUT2D eigenvalue weighted by Crippen LogP contribution is 2.13. The highest BCUT2D eigenvalue weighted by Gasteiger charge is 2.13. The highest BCUT2D eigenvalue weighted by molar-refractivity contribution is 5.89. The number of ether oxygens (including phenoxy) is 1. The third kappa shape index (κ3) is 4.33. The number of aromatic carboxylic acids is 1. The predicted molar refractivity (Wildman–Crippen MR) is 73.5 cm³/mol. The third-order valence-corrected chi connectivity index (χ3v) is 3.59. The van der Waals surface area contributed by atoms with E-state index in [9.17, 15) is 4.79 Å². The number of nitrogens with one attached hydrogen (secondary N) is 1. The second-order valence-corrected chi connectivity index (χ2v) is 4.97. The molecule has 1 aliphatic rings. The minimum absolute atomic E-state index is 0.412. The van der Waals surface area contributed by atoms with Gasteiger partial charge in [0.1, 0.15) is 0 Å². The molecule has 0 amide bonds. The van der Waals surface area contributed by atoms with Crippen molar-refractivity contribution in [3.05, 3.63) is 35.4 Å². The molecule has 2 N–H and O–H groups in total. The van der Waals surface area contributed by atoms with E-state index in [1.807, 2.05) is 12.1 Å². The van der Waals surface area contributed by atoms with Gasteiger partial charge in [-0.05, 0) is 49.9 Å². The number of carbonyl (C=O) groups is 1. The lowest BCUT2D eigenvalue weighted by molar-refractivity contribution is 0.0663. The van der Waals surface area contributed by atoms with Crippen LogP contribution in [-0.4, -0.2) is 37.4 Å². The van der Waals surface area contributed by atoms with Crippen LogP contribution in [0.1, 0.15) is 28.8 Å². The first-order chi connectivity index (χ1) is 9.27. The van der Waals surface area contributed by atoms with Gasteiger partial charge in [-0.25, -0.2) is 4.79 Å². The Bertz CT molecular complexity index is 414. The van der Waals surface area contributed by atoms with Crippen LogP contribution in [0.5, 0.6) is 0 Å². The maximum absolute atomic E-state index is 11.1. The van der Waals surface area contributed by atoms with Gasteiger partial charge < -0.3 is 15.2 Å². The van der Waals surface area contributed by atoms with E-state index in [1.165, 1.54) is 0 Å². The van der Waals surface area contributed by atoms with Gasteiger partial charge in [0.25, 0.3) is 0 Å². The van der Waals surface area contributed by atoms with Crippen LogP contribution in [0.15, 0.2) is 24.3 Å². The average Bonchev–Trinajstić information content (AvgIpc) is 2.45. The standard InChI is InChI=1S/C15H21NO3/c17-15(18)14-4-2-1-3-13(14)5-8-16-11-12-6-9-19-10-7-12/h1-4,12,16H,5-11H2,(H,17,18). The molecule has 0 aromatic heterocycles. The molecule has 0 radical (unpaired) electrons. The van der Waals surface area contributed by atoms with Crippen LogP contribution in [0.2, 0.25) is 0 Å². The predicted octanol–water partition coefficient (Wildman–Crippen LogP) is 1.94. The van der Waals surface area contributed by atoms with Crippen molar-refractivity contribution in [2.75, 3.05) is 26.3 Å². The molecule has 1 fully saturated rings. The van der Waals surface area contributed by atoms with Gasteiger partial charge in [0.15, 0.2) is 0 Å². The minimum Gasteiger partial charge on any atom is -0.478 e. The zero-order valence-corrected chi connectivity index (χ0v) is 11.1. The van der Waals surface area contributed by atoms with Crippen molar-refractivity contribution in [1.29, 1.82) is 0 Å². The van der Waals surface area contributed by atoms with Gasteiger partial charge in [-0.2, -0.15) is 0 Å². The van der Waals surface area contributed by atoms with Crippen LogP contribution >= 0.6 is 0 Å². The van der Waals surface area contributed by atoms with Gasteiger partial charge in [-0.3, -0.25) is 0 Å². The van der Waals surface area contributed by atoms with E-state index in [-0.39, 0.29) is 0 Å². The Kier molecular flexibility index (Phi) is 5.36. The molecule has 1 saturated heterocycles. The lowest BCUT2D eigenvalue weighted by Gasteiger charge is -2.22. The number of benzene rings is 1. The third-order valence-electron chi connectivity index (χ3n) is 3.59. The molecule has 0 bridgehead atoms. The van der Waals surface area contributed by atoms with Gasteiger partial charge in [0.2, 0.25) is 0 Å². The van der Waals surface area contributed by atoms with Gasteiger partial charge >= 0.3 is 5.97 Å². The normalized spacial score (nSPS) is 16.4. The number of carboxylic acids is 1. The van der Waals surface area contributed by atoms with Crippen LogP contribution in [0, 0.1) is 5.92 Å². The number of hydrogen-bond donors (Lipinski definition) is 2. The molecule has 1 heterocycles. The molecule has 1 aromatic carbocycles. The SMILES string of the molecule is O=C(O)c1ccccc1CCNCC1CCOCC1. The Morgan fingerprint density at radius 3 is 2.79 bits per heavy atom. The maximum atomic E-state index is 11.1. The van der Waals surface area contributed by atoms with E-state index >= 15 is 0 Å². The van der Waals surface area contributed by atoms with Crippen LogP contribution in [0.4, 0.5) is 0 Å². The lowest BCUT2D eigenvalue weighted by atomic mass is 10.00. The summed E-state index contributed by atoms with van der Waals surface area (Å²) >= 11 is 0. The van der Waals surface area contributed by atoms with Gasteiger partial charge in [0, 0.05) is 13.2 Å². The summed E-state index contributed by atoms with van der Waals surface area (Å²) in [5.74, 6) is -0.150. The molecule has 19 heavy (non-hydrogen) atoms. The number of hydrogen-bond acceptors (Lipinski definition) is 3. The van der Waals surface area contributed by atoms with Crippen molar-refractivity contribution in [3.63, 3.8) is 0 Å². The number of rotatable bonds is 6. The summed E-state index contributed by atoms with van der Waals surface area (Å²) in [7, 11) is 0. The van der Waals surface area contributed by atoms with Gasteiger partial charge in [0.05, 0.1) is 5.56 Å². The van der Waals surface area contributed by atoms with E-state index in [1.54, 1.807) is 12.1 Å². The summed E-state index contributed by atoms with van der Waals surface area (Å²) in [4.78, 5) is 11.1. The maximum Gasteiger partial charge on any atom is 0.335 e. The first-order valence-electron chi connectivity index (χ1n) is 6.87. The van der Waals surface area contributed by atoms with Gasteiger partial charge in [-0.1, -0.05) is 18.2 Å². The highest BCUT2D eigenvalue weighted by atomic mass is 16.5. The Hall–Kier alpha value is -1.39. The molecule has 4 heteroatoms. The summed E-state index contributed by atoms with van der Waals surface area (Å²) in [6.45, 7) is 3.56. The fourth-order valence-electron chi connectivity index (χ4n) is 2.43. The summed E-state index contributed by atoms with van der Waals surface area (Å²) in [6.07, 6.45) is 3.00. The zero-order chi connectivity index (χ0) is 13.5. The molecule has 0 aliphatic carbocycles. The summed E-state index contributed by atoms with van der Waals surface area (Å²) in [5.41, 5.74) is 1.31. The molecule has 0 spiro atoms. The van der Waals surface area contributed by atoms with Crippen molar-refractivity contribution in [2.45, 2.75) is 19.3 Å². The van der Waals surface area contributed by atoms with E-state index in [0.29, 0.717) is 11.5 Å².